The van der Waals surface area contributed by atoms with E-state index in [1.54, 1.807) is 0 Å². The van der Waals surface area contributed by atoms with Crippen molar-refractivity contribution in [2.45, 2.75) is 9.79 Å². The van der Waals surface area contributed by atoms with Gasteiger partial charge in [0.2, 0.25) is 0 Å². The molecule has 0 unspecified atom stereocenters. The summed E-state index contributed by atoms with van der Waals surface area (Å²) in [7, 11) is -8.59. The highest BCUT2D eigenvalue weighted by atomic mass is 32.2. The van der Waals surface area contributed by atoms with Crippen LogP contribution in [-0.4, -0.2) is 46.1 Å². The number of hydrogen-bond donors (Lipinski definition) is 4. The third kappa shape index (κ3) is 4.31. The first-order chi connectivity index (χ1) is 14.0. The number of aromatic nitrogens is 2. The van der Waals surface area contributed by atoms with Crippen LogP contribution in [0.5, 0.6) is 11.5 Å². The molecule has 156 valence electrons. The van der Waals surface area contributed by atoms with Gasteiger partial charge in [-0.15, -0.1) is 0 Å². The molecule has 4 rings (SSSR count). The number of phenolic OH excluding ortho intramolecular Hbond substituents is 2. The lowest BCUT2D eigenvalue weighted by atomic mass is 10.2. The number of pyridine rings is 2. The van der Waals surface area contributed by atoms with Crippen molar-refractivity contribution in [3.63, 3.8) is 0 Å². The predicted molar refractivity (Wildman–Crippen MR) is 106 cm³/mol. The minimum absolute atomic E-state index is 0.127. The van der Waals surface area contributed by atoms with E-state index in [0.717, 1.165) is 12.1 Å². The standard InChI is InChI=1S/2C9H7NO4S/c2*11-7-3-4-8(15(12,13)14)6-2-1-5-10-9(6)7/h2*1-5,11H,(H,12,13,14). The van der Waals surface area contributed by atoms with Crippen LogP contribution in [0.25, 0.3) is 21.8 Å². The second kappa shape index (κ2) is 7.84. The highest BCUT2D eigenvalue weighted by Crippen LogP contribution is 2.29. The number of aromatic hydroxyl groups is 2. The van der Waals surface area contributed by atoms with E-state index in [-0.39, 0.29) is 43.1 Å². The fourth-order valence-electron chi connectivity index (χ4n) is 2.71. The minimum atomic E-state index is -4.30. The van der Waals surface area contributed by atoms with Crippen molar-refractivity contribution in [3.8, 4) is 11.5 Å². The first kappa shape index (κ1) is 21.4. The third-order valence-electron chi connectivity index (χ3n) is 3.97. The topological polar surface area (TPSA) is 175 Å². The van der Waals surface area contributed by atoms with Crippen molar-refractivity contribution < 1.29 is 36.2 Å². The molecule has 4 N–H and O–H groups in total. The fraction of sp³-hybridized carbons (Fsp3) is 0. The summed E-state index contributed by atoms with van der Waals surface area (Å²) in [6.07, 6.45) is 2.85. The quantitative estimate of drug-likeness (QED) is 0.332. The van der Waals surface area contributed by atoms with Crippen LogP contribution >= 0.6 is 0 Å². The van der Waals surface area contributed by atoms with E-state index in [1.165, 1.54) is 48.8 Å². The van der Waals surface area contributed by atoms with Crippen LogP contribution in [0.4, 0.5) is 0 Å². The van der Waals surface area contributed by atoms with Crippen LogP contribution < -0.4 is 0 Å². The first-order valence-electron chi connectivity index (χ1n) is 8.08. The SMILES string of the molecule is O=S(=O)(O)c1ccc(O)c2ncccc12.O=S(=O)(O)c1ccc(O)c2ncccc12. The highest BCUT2D eigenvalue weighted by Gasteiger charge is 2.16. The summed E-state index contributed by atoms with van der Waals surface area (Å²) < 4.78 is 61.9. The molecule has 0 radical (unpaired) electrons. The predicted octanol–water partition coefficient (Wildman–Crippen LogP) is 2.37. The Balaban J connectivity index is 0.000000171. The summed E-state index contributed by atoms with van der Waals surface area (Å²) in [5, 5.41) is 19.2. The monoisotopic (exact) mass is 450 g/mol. The van der Waals surface area contributed by atoms with E-state index in [1.807, 2.05) is 0 Å². The maximum absolute atomic E-state index is 11.0. The molecule has 0 amide bonds. The van der Waals surface area contributed by atoms with Crippen molar-refractivity contribution >= 4 is 42.0 Å². The molecule has 2 aromatic heterocycles. The Morgan fingerprint density at radius 1 is 0.600 bits per heavy atom. The summed E-state index contributed by atoms with van der Waals surface area (Å²) in [4.78, 5) is 7.14. The van der Waals surface area contributed by atoms with Crippen molar-refractivity contribution in [1.82, 2.24) is 9.97 Å². The van der Waals surface area contributed by atoms with Crippen LogP contribution in [0.15, 0.2) is 70.7 Å². The average Bonchev–Trinajstić information content (AvgIpc) is 2.67. The van der Waals surface area contributed by atoms with E-state index in [0.29, 0.717) is 0 Å². The molecule has 0 saturated heterocycles. The Hall–Kier alpha value is -3.32. The molecule has 0 fully saturated rings. The van der Waals surface area contributed by atoms with Gasteiger partial charge in [0.1, 0.15) is 32.3 Å². The van der Waals surface area contributed by atoms with Crippen molar-refractivity contribution in [3.05, 3.63) is 60.9 Å². The Bertz CT molecular complexity index is 1360. The van der Waals surface area contributed by atoms with Gasteiger partial charge in [-0.25, -0.2) is 0 Å². The Morgan fingerprint density at radius 2 is 0.967 bits per heavy atom. The molecule has 4 aromatic rings. The first-order valence-corrected chi connectivity index (χ1v) is 11.0. The molecule has 0 saturated carbocycles. The summed E-state index contributed by atoms with van der Waals surface area (Å²) >= 11 is 0. The zero-order chi connectivity index (χ0) is 22.1. The normalized spacial score (nSPS) is 11.8. The van der Waals surface area contributed by atoms with Crippen LogP contribution in [-0.2, 0) is 20.2 Å². The molecular weight excluding hydrogens is 436 g/mol. The van der Waals surface area contributed by atoms with Crippen LogP contribution in [0, 0.1) is 0 Å². The second-order valence-corrected chi connectivity index (χ2v) is 8.69. The van der Waals surface area contributed by atoms with E-state index >= 15 is 0 Å². The molecule has 2 heterocycles. The Kier molecular flexibility index (Phi) is 5.59. The molecule has 0 aliphatic carbocycles. The van der Waals surface area contributed by atoms with Crippen LogP contribution in [0.3, 0.4) is 0 Å². The van der Waals surface area contributed by atoms with Gasteiger partial charge < -0.3 is 10.2 Å². The average molecular weight is 450 g/mol. The van der Waals surface area contributed by atoms with Crippen molar-refractivity contribution in [2.75, 3.05) is 0 Å². The van der Waals surface area contributed by atoms with E-state index in [4.69, 9.17) is 9.11 Å². The van der Waals surface area contributed by atoms with Crippen LogP contribution in [0.2, 0.25) is 0 Å². The summed E-state index contributed by atoms with van der Waals surface area (Å²) in [6.45, 7) is 0. The van der Waals surface area contributed by atoms with Gasteiger partial charge in [-0.3, -0.25) is 19.1 Å². The molecule has 30 heavy (non-hydrogen) atoms. The van der Waals surface area contributed by atoms with Gasteiger partial charge in [0.15, 0.2) is 0 Å². The zero-order valence-electron chi connectivity index (χ0n) is 14.9. The number of fused-ring (bicyclic) bond motifs is 2. The van der Waals surface area contributed by atoms with E-state index in [2.05, 4.69) is 9.97 Å². The van der Waals surface area contributed by atoms with Gasteiger partial charge in [0, 0.05) is 23.2 Å². The maximum Gasteiger partial charge on any atom is 0.295 e. The molecule has 0 bridgehead atoms. The minimum Gasteiger partial charge on any atom is -0.506 e. The van der Waals surface area contributed by atoms with Gasteiger partial charge in [-0.2, -0.15) is 16.8 Å². The molecule has 0 aliphatic rings. The number of hydrogen-bond acceptors (Lipinski definition) is 8. The molecule has 0 spiro atoms. The molecule has 10 nitrogen and oxygen atoms in total. The summed E-state index contributed by atoms with van der Waals surface area (Å²) in [5.74, 6) is -0.254. The smallest absolute Gasteiger partial charge is 0.295 e. The lowest BCUT2D eigenvalue weighted by Crippen LogP contribution is -1.99. The zero-order valence-corrected chi connectivity index (χ0v) is 16.5. The maximum atomic E-state index is 11.0. The van der Waals surface area contributed by atoms with Gasteiger partial charge in [-0.05, 0) is 48.5 Å². The molecule has 12 heteroatoms. The van der Waals surface area contributed by atoms with Gasteiger partial charge in [-0.1, -0.05) is 0 Å². The van der Waals surface area contributed by atoms with Gasteiger partial charge in [0.25, 0.3) is 20.2 Å². The Labute approximate surface area is 170 Å². The Morgan fingerprint density at radius 3 is 1.30 bits per heavy atom. The van der Waals surface area contributed by atoms with Crippen molar-refractivity contribution in [1.29, 1.82) is 0 Å². The number of phenols is 2. The van der Waals surface area contributed by atoms with Crippen molar-refractivity contribution in [2.24, 2.45) is 0 Å². The van der Waals surface area contributed by atoms with E-state index < -0.39 is 20.2 Å². The number of nitrogens with zero attached hydrogens (tertiary/aromatic N) is 2. The highest BCUT2D eigenvalue weighted by molar-refractivity contribution is 7.86. The third-order valence-corrected chi connectivity index (χ3v) is 5.80. The number of benzene rings is 2. The molecular formula is C18H14N2O8S2. The molecule has 0 aliphatic heterocycles. The summed E-state index contributed by atoms with van der Waals surface area (Å²) in [5.41, 5.74) is 0.292. The lowest BCUT2D eigenvalue weighted by Gasteiger charge is -2.03. The molecule has 2 aromatic carbocycles. The fourth-order valence-corrected chi connectivity index (χ4v) is 4.08. The van der Waals surface area contributed by atoms with E-state index in [9.17, 15) is 27.0 Å². The van der Waals surface area contributed by atoms with Gasteiger partial charge in [0.05, 0.1) is 0 Å². The van der Waals surface area contributed by atoms with Gasteiger partial charge >= 0.3 is 0 Å². The largest absolute Gasteiger partial charge is 0.506 e. The number of rotatable bonds is 2. The lowest BCUT2D eigenvalue weighted by molar-refractivity contribution is 0.476. The molecule has 0 atom stereocenters. The second-order valence-electron chi connectivity index (χ2n) is 5.91. The summed E-state index contributed by atoms with van der Waals surface area (Å²) in [6, 6.07) is 10.6. The van der Waals surface area contributed by atoms with Crippen LogP contribution in [0.1, 0.15) is 0 Å².